The Kier molecular flexibility index (Phi) is 6.05. The molecule has 0 unspecified atom stereocenters. The molecule has 2 heterocycles. The van der Waals surface area contributed by atoms with Gasteiger partial charge in [0.15, 0.2) is 0 Å². The van der Waals surface area contributed by atoms with Crippen molar-refractivity contribution < 1.29 is 24.4 Å². The lowest BCUT2D eigenvalue weighted by Gasteiger charge is -2.06. The highest BCUT2D eigenvalue weighted by Gasteiger charge is 2.22. The normalized spacial score (nSPS) is 10.7. The number of halogens is 1. The Morgan fingerprint density at radius 3 is 2.62 bits per heavy atom. The SMILES string of the molecule is O=C(Nc1ccc(Br)cc1)OCc1cnc(-c2cc3nc(C(=O)O)c(=O)[nH]c3cc2[N+](=O)[O-])[nH]1. The molecule has 0 saturated heterocycles. The third-order valence-corrected chi connectivity index (χ3v) is 5.07. The molecule has 0 aliphatic rings. The number of aromatic carboxylic acids is 1. The highest BCUT2D eigenvalue weighted by molar-refractivity contribution is 9.10. The number of carbonyl (C=O) groups excluding carboxylic acids is 1. The van der Waals surface area contributed by atoms with E-state index in [2.05, 4.69) is 41.2 Å². The van der Waals surface area contributed by atoms with Crippen LogP contribution in [0.1, 0.15) is 16.2 Å². The number of anilines is 1. The number of nitro benzene ring substituents is 1. The minimum Gasteiger partial charge on any atom is -0.476 e. The number of nitrogens with zero attached hydrogens (tertiary/aromatic N) is 3. The molecule has 0 radical (unpaired) electrons. The maximum Gasteiger partial charge on any atom is 0.412 e. The second kappa shape index (κ2) is 9.11. The second-order valence-corrected chi connectivity index (χ2v) is 7.74. The molecule has 4 aromatic rings. The maximum atomic E-state index is 12.0. The van der Waals surface area contributed by atoms with E-state index >= 15 is 0 Å². The van der Waals surface area contributed by atoms with E-state index in [1.165, 1.54) is 12.3 Å². The lowest BCUT2D eigenvalue weighted by atomic mass is 10.1. The topological polar surface area (TPSA) is 193 Å². The van der Waals surface area contributed by atoms with Crippen LogP contribution in [0.15, 0.2) is 51.9 Å². The van der Waals surface area contributed by atoms with E-state index in [9.17, 15) is 24.5 Å². The highest BCUT2D eigenvalue weighted by Crippen LogP contribution is 2.31. The molecular weight excluding hydrogens is 516 g/mol. The van der Waals surface area contributed by atoms with E-state index in [0.29, 0.717) is 11.4 Å². The maximum absolute atomic E-state index is 12.0. The average Bonchev–Trinajstić information content (AvgIpc) is 3.26. The van der Waals surface area contributed by atoms with Crippen molar-refractivity contribution in [2.24, 2.45) is 0 Å². The first-order chi connectivity index (χ1) is 16.2. The number of aromatic amines is 2. The number of carboxylic acids is 1. The van der Waals surface area contributed by atoms with Crippen LogP contribution in [0.25, 0.3) is 22.4 Å². The van der Waals surface area contributed by atoms with E-state index in [1.54, 1.807) is 24.3 Å². The number of benzene rings is 2. The van der Waals surface area contributed by atoms with Crippen LogP contribution in [0, 0.1) is 10.1 Å². The number of carbonyl (C=O) groups is 2. The number of amides is 1. The van der Waals surface area contributed by atoms with Crippen LogP contribution in [-0.2, 0) is 11.3 Å². The quantitative estimate of drug-likeness (QED) is 0.214. The van der Waals surface area contributed by atoms with Gasteiger partial charge in [0, 0.05) is 16.2 Å². The summed E-state index contributed by atoms with van der Waals surface area (Å²) in [7, 11) is 0. The van der Waals surface area contributed by atoms with Crippen molar-refractivity contribution in [1.29, 1.82) is 0 Å². The number of carboxylic acid groups (broad SMARTS) is 1. The number of hydrogen-bond acceptors (Lipinski definition) is 8. The molecule has 0 fully saturated rings. The lowest BCUT2D eigenvalue weighted by Crippen LogP contribution is -2.19. The van der Waals surface area contributed by atoms with Crippen LogP contribution in [0.5, 0.6) is 0 Å². The molecule has 34 heavy (non-hydrogen) atoms. The lowest BCUT2D eigenvalue weighted by molar-refractivity contribution is -0.384. The molecule has 172 valence electrons. The molecule has 0 aliphatic carbocycles. The molecular formula is C20H13BrN6O7. The van der Waals surface area contributed by atoms with Gasteiger partial charge in [-0.15, -0.1) is 0 Å². The van der Waals surface area contributed by atoms with Crippen molar-refractivity contribution in [3.8, 4) is 11.4 Å². The third-order valence-electron chi connectivity index (χ3n) is 4.54. The monoisotopic (exact) mass is 528 g/mol. The number of fused-ring (bicyclic) bond motifs is 1. The molecule has 0 bridgehead atoms. The van der Waals surface area contributed by atoms with E-state index in [-0.39, 0.29) is 29.0 Å². The summed E-state index contributed by atoms with van der Waals surface area (Å²) in [5.74, 6) is -1.48. The van der Waals surface area contributed by atoms with Gasteiger partial charge >= 0.3 is 12.1 Å². The zero-order chi connectivity index (χ0) is 24.4. The van der Waals surface area contributed by atoms with Gasteiger partial charge < -0.3 is 19.8 Å². The molecule has 0 spiro atoms. The number of hydrogen-bond donors (Lipinski definition) is 4. The molecule has 4 N–H and O–H groups in total. The Morgan fingerprint density at radius 2 is 1.94 bits per heavy atom. The fourth-order valence-corrected chi connectivity index (χ4v) is 3.27. The van der Waals surface area contributed by atoms with E-state index in [1.807, 2.05) is 0 Å². The smallest absolute Gasteiger partial charge is 0.412 e. The minimum absolute atomic E-state index is 0.000971. The van der Waals surface area contributed by atoms with Crippen LogP contribution >= 0.6 is 15.9 Å². The predicted molar refractivity (Wildman–Crippen MR) is 122 cm³/mol. The fourth-order valence-electron chi connectivity index (χ4n) is 3.01. The van der Waals surface area contributed by atoms with Crippen LogP contribution in [0.3, 0.4) is 0 Å². The first-order valence-electron chi connectivity index (χ1n) is 9.40. The van der Waals surface area contributed by atoms with Gasteiger partial charge in [-0.25, -0.2) is 19.6 Å². The summed E-state index contributed by atoms with van der Waals surface area (Å²) < 4.78 is 5.98. The molecule has 0 atom stereocenters. The standard InChI is InChI=1S/C20H13BrN6O7/c21-9-1-3-10(4-2-9)24-20(31)34-8-11-7-22-17(23-11)12-5-13-14(6-15(12)27(32)33)26-18(28)16(25-13)19(29)30/h1-7H,8H2,(H,22,23)(H,24,31)(H,26,28)(H,29,30). The zero-order valence-electron chi connectivity index (χ0n) is 16.9. The van der Waals surface area contributed by atoms with Gasteiger partial charge in [0.25, 0.3) is 11.2 Å². The summed E-state index contributed by atoms with van der Waals surface area (Å²) in [5, 5.41) is 23.3. The first-order valence-corrected chi connectivity index (χ1v) is 10.2. The number of aromatic nitrogens is 4. The van der Waals surface area contributed by atoms with Gasteiger partial charge in [-0.05, 0) is 30.3 Å². The van der Waals surface area contributed by atoms with Gasteiger partial charge in [0.2, 0.25) is 5.69 Å². The van der Waals surface area contributed by atoms with E-state index in [0.717, 1.165) is 10.5 Å². The predicted octanol–water partition coefficient (Wildman–Crippen LogP) is 3.43. The Labute approximate surface area is 197 Å². The number of rotatable bonds is 6. The van der Waals surface area contributed by atoms with Gasteiger partial charge in [0.05, 0.1) is 33.4 Å². The summed E-state index contributed by atoms with van der Waals surface area (Å²) >= 11 is 3.29. The summed E-state index contributed by atoms with van der Waals surface area (Å²) in [6, 6.07) is 9.15. The van der Waals surface area contributed by atoms with Crippen molar-refractivity contribution in [3.05, 3.63) is 78.9 Å². The van der Waals surface area contributed by atoms with Crippen LogP contribution in [0.4, 0.5) is 16.2 Å². The van der Waals surface area contributed by atoms with Crippen LogP contribution in [0.2, 0.25) is 0 Å². The summed E-state index contributed by atoms with van der Waals surface area (Å²) in [5.41, 5.74) is -1.27. The third kappa shape index (κ3) is 4.75. The van der Waals surface area contributed by atoms with Crippen molar-refractivity contribution >= 4 is 50.4 Å². The Bertz CT molecular complexity index is 1500. The first kappa shape index (κ1) is 22.6. The summed E-state index contributed by atoms with van der Waals surface area (Å²) in [6.07, 6.45) is 0.614. The van der Waals surface area contributed by atoms with Crippen LogP contribution < -0.4 is 10.9 Å². The number of ether oxygens (including phenoxy) is 1. The van der Waals surface area contributed by atoms with E-state index in [4.69, 9.17) is 9.84 Å². The highest BCUT2D eigenvalue weighted by atomic mass is 79.9. The van der Waals surface area contributed by atoms with Gasteiger partial charge in [-0.1, -0.05) is 15.9 Å². The number of nitrogens with one attached hydrogen (secondary N) is 3. The summed E-state index contributed by atoms with van der Waals surface area (Å²) in [4.78, 5) is 58.9. The zero-order valence-corrected chi connectivity index (χ0v) is 18.5. The van der Waals surface area contributed by atoms with Crippen molar-refractivity contribution in [1.82, 2.24) is 19.9 Å². The largest absolute Gasteiger partial charge is 0.476 e. The molecule has 13 nitrogen and oxygen atoms in total. The van der Waals surface area contributed by atoms with Gasteiger partial charge in [-0.3, -0.25) is 20.2 Å². The molecule has 2 aromatic carbocycles. The Hall–Kier alpha value is -4.59. The van der Waals surface area contributed by atoms with Crippen molar-refractivity contribution in [3.63, 3.8) is 0 Å². The van der Waals surface area contributed by atoms with E-state index < -0.39 is 33.9 Å². The number of H-pyrrole nitrogens is 2. The van der Waals surface area contributed by atoms with Crippen molar-refractivity contribution in [2.75, 3.05) is 5.32 Å². The molecule has 0 aliphatic heterocycles. The second-order valence-electron chi connectivity index (χ2n) is 6.83. The Morgan fingerprint density at radius 1 is 1.21 bits per heavy atom. The van der Waals surface area contributed by atoms with Crippen LogP contribution in [-0.4, -0.2) is 42.0 Å². The molecule has 14 heteroatoms. The molecule has 2 aromatic heterocycles. The minimum atomic E-state index is -1.54. The number of nitro groups is 1. The Balaban J connectivity index is 1.58. The van der Waals surface area contributed by atoms with Crippen molar-refractivity contribution in [2.45, 2.75) is 6.61 Å². The molecule has 4 rings (SSSR count). The van der Waals surface area contributed by atoms with Gasteiger partial charge in [0.1, 0.15) is 12.4 Å². The molecule has 1 amide bonds. The number of imidazole rings is 1. The summed E-state index contributed by atoms with van der Waals surface area (Å²) in [6.45, 7) is -0.203. The fraction of sp³-hybridized carbons (Fsp3) is 0.0500. The molecule has 0 saturated carbocycles. The van der Waals surface area contributed by atoms with Gasteiger partial charge in [-0.2, -0.15) is 0 Å². The average molecular weight is 529 g/mol.